The monoisotopic (exact) mass is 522 g/mol. The Morgan fingerprint density at radius 1 is 0.824 bits per heavy atom. The zero-order valence-corrected chi connectivity index (χ0v) is 22.9. The van der Waals surface area contributed by atoms with Crippen LogP contribution in [0.5, 0.6) is 0 Å². The standard InChI is InChI=1S/C24H44O8P2/c1-3-25-12-14-27-21-28-17-23(18-29-21)19-31-24(32-34-23,30-15-13-26-4-2)20-7-10-22(11-8-20)9-5-6-16-33-22/h20-21,33-34H,3-19H2,1-2H3. The van der Waals surface area contributed by atoms with Gasteiger partial charge < -0.3 is 37.7 Å². The van der Waals surface area contributed by atoms with Crippen molar-refractivity contribution < 1.29 is 37.7 Å². The van der Waals surface area contributed by atoms with Crippen LogP contribution in [0, 0.1) is 5.92 Å². The molecule has 0 radical (unpaired) electrons. The summed E-state index contributed by atoms with van der Waals surface area (Å²) in [4.78, 5) is 0. The Kier molecular flexibility index (Phi) is 10.8. The van der Waals surface area contributed by atoms with Crippen molar-refractivity contribution in [2.45, 2.75) is 81.6 Å². The Hall–Kier alpha value is 0.540. The lowest BCUT2D eigenvalue weighted by Gasteiger charge is -2.52. The van der Waals surface area contributed by atoms with Crippen LogP contribution in [-0.2, 0) is 37.7 Å². The Labute approximate surface area is 208 Å². The number of hydrogen-bond acceptors (Lipinski definition) is 8. The summed E-state index contributed by atoms with van der Waals surface area (Å²) in [5.74, 6) is -0.734. The van der Waals surface area contributed by atoms with Crippen molar-refractivity contribution in [1.29, 1.82) is 0 Å². The van der Waals surface area contributed by atoms with Gasteiger partial charge in [-0.1, -0.05) is 6.42 Å². The predicted octanol–water partition coefficient (Wildman–Crippen LogP) is 4.25. The Morgan fingerprint density at radius 2 is 1.56 bits per heavy atom. The molecule has 10 heteroatoms. The number of ether oxygens (including phenoxy) is 7. The van der Waals surface area contributed by atoms with Crippen molar-refractivity contribution in [3.8, 4) is 0 Å². The van der Waals surface area contributed by atoms with Gasteiger partial charge >= 0.3 is 0 Å². The van der Waals surface area contributed by atoms with E-state index in [9.17, 15) is 0 Å². The molecule has 1 aliphatic carbocycles. The maximum Gasteiger partial charge on any atom is 0.288 e. The lowest BCUT2D eigenvalue weighted by atomic mass is 9.77. The van der Waals surface area contributed by atoms with Gasteiger partial charge in [-0.15, -0.1) is 8.58 Å². The van der Waals surface area contributed by atoms with Gasteiger partial charge in [0, 0.05) is 27.9 Å². The van der Waals surface area contributed by atoms with Gasteiger partial charge in [0.2, 0.25) is 0 Å². The number of hydrogen-bond donors (Lipinski definition) is 0. The summed E-state index contributed by atoms with van der Waals surface area (Å²) in [5.41, 5.74) is 0. The topological polar surface area (TPSA) is 73.8 Å². The summed E-state index contributed by atoms with van der Waals surface area (Å²) in [6.07, 6.45) is 10.3. The maximum atomic E-state index is 6.51. The second kappa shape index (κ2) is 13.4. The molecule has 0 aromatic rings. The van der Waals surface area contributed by atoms with E-state index in [1.165, 1.54) is 38.3 Å². The molecule has 0 bridgehead atoms. The SMILES string of the molecule is CCOCCOC1OCC2(CO1)COC(OCCOCC)(C1CCC3(CCCCP3)CC1)OP2. The van der Waals surface area contributed by atoms with Crippen molar-refractivity contribution in [1.82, 2.24) is 0 Å². The fourth-order valence-electron chi connectivity index (χ4n) is 5.37. The van der Waals surface area contributed by atoms with Crippen LogP contribution in [0.3, 0.4) is 0 Å². The average Bonchev–Trinajstić information content (AvgIpc) is 2.88. The van der Waals surface area contributed by atoms with Crippen molar-refractivity contribution in [2.24, 2.45) is 5.92 Å². The van der Waals surface area contributed by atoms with Crippen LogP contribution < -0.4 is 0 Å². The highest BCUT2D eigenvalue weighted by Gasteiger charge is 2.54. The Morgan fingerprint density at radius 3 is 2.18 bits per heavy atom. The van der Waals surface area contributed by atoms with Gasteiger partial charge in [0.25, 0.3) is 12.4 Å². The van der Waals surface area contributed by atoms with E-state index >= 15 is 0 Å². The summed E-state index contributed by atoms with van der Waals surface area (Å²) >= 11 is 0. The molecule has 3 heterocycles. The van der Waals surface area contributed by atoms with E-state index in [1.54, 1.807) is 0 Å². The van der Waals surface area contributed by atoms with Crippen molar-refractivity contribution in [2.75, 3.05) is 65.6 Å². The third-order valence-corrected chi connectivity index (χ3v) is 10.8. The molecule has 0 aromatic carbocycles. The highest BCUT2D eigenvalue weighted by atomic mass is 31.1. The van der Waals surface area contributed by atoms with Gasteiger partial charge in [0.1, 0.15) is 0 Å². The van der Waals surface area contributed by atoms with Gasteiger partial charge in [-0.2, -0.15) is 0 Å². The van der Waals surface area contributed by atoms with Gasteiger partial charge in [-0.3, -0.25) is 0 Å². The maximum absolute atomic E-state index is 6.51. The minimum Gasteiger partial charge on any atom is -0.379 e. The highest BCUT2D eigenvalue weighted by Crippen LogP contribution is 2.56. The van der Waals surface area contributed by atoms with E-state index < -0.39 is 12.4 Å². The van der Waals surface area contributed by atoms with Gasteiger partial charge in [-0.25, -0.2) is 0 Å². The van der Waals surface area contributed by atoms with Crippen molar-refractivity contribution in [3.05, 3.63) is 0 Å². The molecular formula is C24H44O8P2. The molecule has 3 aliphatic heterocycles. The predicted molar refractivity (Wildman–Crippen MR) is 133 cm³/mol. The van der Waals surface area contributed by atoms with Crippen LogP contribution in [0.25, 0.3) is 0 Å². The molecule has 34 heavy (non-hydrogen) atoms. The summed E-state index contributed by atoms with van der Waals surface area (Å²) in [6, 6.07) is 0. The first kappa shape index (κ1) is 27.6. The minimum absolute atomic E-state index is 0.180. The fourth-order valence-corrected chi connectivity index (χ4v) is 8.38. The molecule has 8 nitrogen and oxygen atoms in total. The molecular weight excluding hydrogens is 478 g/mol. The van der Waals surface area contributed by atoms with Crippen molar-refractivity contribution >= 4 is 17.4 Å². The molecule has 3 saturated heterocycles. The van der Waals surface area contributed by atoms with Crippen LogP contribution in [0.1, 0.15) is 58.8 Å². The Balaban J connectivity index is 1.30. The smallest absolute Gasteiger partial charge is 0.288 e. The third-order valence-electron chi connectivity index (χ3n) is 7.40. The minimum atomic E-state index is -0.981. The first-order valence-electron chi connectivity index (χ1n) is 13.1. The molecule has 4 rings (SSSR count). The second-order valence-corrected chi connectivity index (χ2v) is 13.2. The van der Waals surface area contributed by atoms with Crippen LogP contribution in [0.15, 0.2) is 0 Å². The second-order valence-electron chi connectivity index (χ2n) is 9.84. The van der Waals surface area contributed by atoms with Gasteiger partial charge in [-0.05, 0) is 63.7 Å². The van der Waals surface area contributed by atoms with E-state index in [2.05, 4.69) is 0 Å². The zero-order chi connectivity index (χ0) is 23.7. The number of rotatable bonds is 11. The van der Waals surface area contributed by atoms with Crippen LogP contribution in [0.4, 0.5) is 0 Å². The first-order chi connectivity index (χ1) is 16.6. The van der Waals surface area contributed by atoms with E-state index in [-0.39, 0.29) is 19.9 Å². The van der Waals surface area contributed by atoms with Crippen LogP contribution >= 0.6 is 17.4 Å². The van der Waals surface area contributed by atoms with Gasteiger partial charge in [0.15, 0.2) is 0 Å². The summed E-state index contributed by atoms with van der Waals surface area (Å²) in [6.45, 7) is 8.10. The molecule has 3 atom stereocenters. The van der Waals surface area contributed by atoms with E-state index in [0.29, 0.717) is 64.6 Å². The van der Waals surface area contributed by atoms with Crippen molar-refractivity contribution in [3.63, 3.8) is 0 Å². The zero-order valence-electron chi connectivity index (χ0n) is 20.9. The molecule has 1 saturated carbocycles. The highest BCUT2D eigenvalue weighted by molar-refractivity contribution is 7.40. The van der Waals surface area contributed by atoms with Gasteiger partial charge in [0.05, 0.1) is 51.4 Å². The van der Waals surface area contributed by atoms with Crippen LogP contribution in [-0.4, -0.2) is 88.4 Å². The fraction of sp³-hybridized carbons (Fsp3) is 1.00. The van der Waals surface area contributed by atoms with Crippen LogP contribution in [0.2, 0.25) is 0 Å². The van der Waals surface area contributed by atoms with E-state index in [0.717, 1.165) is 21.4 Å². The molecule has 3 unspecified atom stereocenters. The molecule has 0 amide bonds. The lowest BCUT2D eigenvalue weighted by molar-refractivity contribution is -0.393. The van der Waals surface area contributed by atoms with E-state index in [4.69, 9.17) is 37.7 Å². The summed E-state index contributed by atoms with van der Waals surface area (Å²) < 4.78 is 47.4. The Bertz CT molecular complexity index is 576. The normalized spacial score (nSPS) is 40.4. The molecule has 198 valence electrons. The third kappa shape index (κ3) is 7.10. The quantitative estimate of drug-likeness (QED) is 0.295. The average molecular weight is 523 g/mol. The molecule has 0 aromatic heterocycles. The molecule has 2 spiro atoms. The molecule has 4 fully saturated rings. The van der Waals surface area contributed by atoms with E-state index in [1.807, 2.05) is 13.8 Å². The lowest BCUT2D eigenvalue weighted by Crippen LogP contribution is -2.58. The summed E-state index contributed by atoms with van der Waals surface area (Å²) in [5, 5.41) is 0.259. The largest absolute Gasteiger partial charge is 0.379 e. The summed E-state index contributed by atoms with van der Waals surface area (Å²) in [7, 11) is 1.29. The molecule has 4 aliphatic rings. The molecule has 0 N–H and O–H groups in total. The first-order valence-corrected chi connectivity index (χ1v) is 15.2.